The van der Waals surface area contributed by atoms with Gasteiger partial charge in [0.05, 0.1) is 44.5 Å². The Balaban J connectivity index is 0.789. The van der Waals surface area contributed by atoms with Crippen molar-refractivity contribution in [2.24, 2.45) is 0 Å². The van der Waals surface area contributed by atoms with Crippen LogP contribution in [0.5, 0.6) is 0 Å². The van der Waals surface area contributed by atoms with E-state index in [2.05, 4.69) is 289 Å². The van der Waals surface area contributed by atoms with Crippen LogP contribution in [-0.4, -0.2) is 23.7 Å². The summed E-state index contributed by atoms with van der Waals surface area (Å²) in [5.41, 5.74) is 23.7. The first-order chi connectivity index (χ1) is 38.4. The highest BCUT2D eigenvalue weighted by atomic mass is 15.0. The van der Waals surface area contributed by atoms with Crippen molar-refractivity contribution in [3.05, 3.63) is 271 Å². The fourth-order valence-electron chi connectivity index (χ4n) is 12.0. The molecule has 4 heterocycles. The summed E-state index contributed by atoms with van der Waals surface area (Å²) in [6.45, 7) is 6.40. The lowest BCUT2D eigenvalue weighted by atomic mass is 9.96. The monoisotopic (exact) mass is 997 g/mol. The highest BCUT2D eigenvalue weighted by Crippen LogP contribution is 2.41. The number of hydrogen-bond donors (Lipinski definition) is 0. The molecule has 0 aliphatic rings. The standard InChI is InChI=1S/C73H51N5/c1-46-20-24-52(25-21-46)65-45-66(75-73(74-65)53-26-22-47(2)23-27-53)58-39-34-54(42-48(58)3)51-30-28-49(29-31-51)50-32-35-55(36-33-50)76-71-40-37-56(77-67-16-8-4-12-59(67)60-13-5-9-17-68(60)77)43-63(71)64-44-57(38-41-72(64)76)78-69-18-10-6-14-61(69)62-15-7-11-19-70(62)78/h4-45H,1-3H3. The largest absolute Gasteiger partial charge is 0.309 e. The van der Waals surface area contributed by atoms with Crippen LogP contribution in [0.3, 0.4) is 0 Å². The number of aromatic nitrogens is 5. The van der Waals surface area contributed by atoms with Gasteiger partial charge in [-0.05, 0) is 127 Å². The molecular formula is C73H51N5. The summed E-state index contributed by atoms with van der Waals surface area (Å²) in [5, 5.41) is 7.41. The maximum atomic E-state index is 5.15. The van der Waals surface area contributed by atoms with E-state index in [1.54, 1.807) is 0 Å². The van der Waals surface area contributed by atoms with E-state index in [1.807, 2.05) is 0 Å². The molecule has 78 heavy (non-hydrogen) atoms. The van der Waals surface area contributed by atoms with Crippen LogP contribution in [0.1, 0.15) is 16.7 Å². The van der Waals surface area contributed by atoms with Gasteiger partial charge in [-0.2, -0.15) is 0 Å². The summed E-state index contributed by atoms with van der Waals surface area (Å²) >= 11 is 0. The second-order valence-corrected chi connectivity index (χ2v) is 20.8. The van der Waals surface area contributed by atoms with Crippen molar-refractivity contribution in [2.75, 3.05) is 0 Å². The fourth-order valence-corrected chi connectivity index (χ4v) is 12.0. The van der Waals surface area contributed by atoms with Crippen molar-refractivity contribution >= 4 is 65.4 Å². The van der Waals surface area contributed by atoms with Crippen LogP contribution in [0.15, 0.2) is 255 Å². The molecule has 4 aromatic heterocycles. The molecule has 0 saturated carbocycles. The van der Waals surface area contributed by atoms with E-state index in [-0.39, 0.29) is 0 Å². The Labute approximate surface area is 452 Å². The smallest absolute Gasteiger partial charge is 0.160 e. The lowest BCUT2D eigenvalue weighted by Gasteiger charge is -2.13. The molecule has 11 aromatic carbocycles. The van der Waals surface area contributed by atoms with Crippen LogP contribution in [0, 0.1) is 20.8 Å². The molecule has 0 saturated heterocycles. The van der Waals surface area contributed by atoms with Gasteiger partial charge < -0.3 is 13.7 Å². The molecule has 15 aromatic rings. The molecule has 0 amide bonds. The fraction of sp³-hybridized carbons (Fsp3) is 0.0411. The van der Waals surface area contributed by atoms with E-state index in [9.17, 15) is 0 Å². The SMILES string of the molecule is Cc1ccc(-c2cc(-c3ccc(-c4ccc(-c5ccc(-n6c7ccc(-n8c9ccccc9c9ccccc98)cc7c7cc(-n8c9ccccc9c9ccccc98)ccc76)cc5)cc4)cc3C)nc(-c3ccc(C)cc3)n2)cc1. The summed E-state index contributed by atoms with van der Waals surface area (Å²) in [4.78, 5) is 10.2. The Kier molecular flexibility index (Phi) is 10.5. The maximum Gasteiger partial charge on any atom is 0.160 e. The van der Waals surface area contributed by atoms with Crippen molar-refractivity contribution in [1.29, 1.82) is 0 Å². The van der Waals surface area contributed by atoms with Crippen LogP contribution < -0.4 is 0 Å². The lowest BCUT2D eigenvalue weighted by Crippen LogP contribution is -1.97. The number of benzene rings is 11. The van der Waals surface area contributed by atoms with Gasteiger partial charge in [0.25, 0.3) is 0 Å². The molecule has 0 N–H and O–H groups in total. The van der Waals surface area contributed by atoms with Gasteiger partial charge in [0.2, 0.25) is 0 Å². The Bertz CT molecular complexity index is 4500. The number of hydrogen-bond acceptors (Lipinski definition) is 2. The van der Waals surface area contributed by atoms with E-state index in [4.69, 9.17) is 9.97 Å². The van der Waals surface area contributed by atoms with Gasteiger partial charge in [0.15, 0.2) is 5.82 Å². The molecule has 0 aliphatic carbocycles. The highest BCUT2D eigenvalue weighted by molar-refractivity contribution is 6.14. The van der Waals surface area contributed by atoms with Crippen molar-refractivity contribution < 1.29 is 0 Å². The average molecular weight is 998 g/mol. The van der Waals surface area contributed by atoms with Crippen LogP contribution >= 0.6 is 0 Å². The minimum absolute atomic E-state index is 0.723. The Morgan fingerprint density at radius 3 is 1.09 bits per heavy atom. The molecular weight excluding hydrogens is 947 g/mol. The average Bonchev–Trinajstić information content (AvgIpc) is 4.32. The third-order valence-electron chi connectivity index (χ3n) is 16.0. The number of nitrogens with zero attached hydrogens (tertiary/aromatic N) is 5. The molecule has 0 fully saturated rings. The lowest BCUT2D eigenvalue weighted by molar-refractivity contribution is 1.16. The number of fused-ring (bicyclic) bond motifs is 9. The summed E-state index contributed by atoms with van der Waals surface area (Å²) in [5.74, 6) is 0.723. The van der Waals surface area contributed by atoms with Crippen LogP contribution in [0.2, 0.25) is 0 Å². The molecule has 0 aliphatic heterocycles. The zero-order valence-electron chi connectivity index (χ0n) is 43.5. The Morgan fingerprint density at radius 2 is 0.615 bits per heavy atom. The number of rotatable bonds is 8. The summed E-state index contributed by atoms with van der Waals surface area (Å²) in [7, 11) is 0. The summed E-state index contributed by atoms with van der Waals surface area (Å²) < 4.78 is 7.28. The van der Waals surface area contributed by atoms with E-state index in [1.165, 1.54) is 82.2 Å². The first kappa shape index (κ1) is 45.3. The number of aryl methyl sites for hydroxylation is 3. The van der Waals surface area contributed by atoms with Gasteiger partial charge in [0, 0.05) is 66.1 Å². The normalized spacial score (nSPS) is 11.8. The third-order valence-corrected chi connectivity index (χ3v) is 16.0. The molecule has 15 rings (SSSR count). The van der Waals surface area contributed by atoms with Gasteiger partial charge in [-0.15, -0.1) is 0 Å². The van der Waals surface area contributed by atoms with Crippen molar-refractivity contribution in [3.63, 3.8) is 0 Å². The second-order valence-electron chi connectivity index (χ2n) is 20.8. The minimum atomic E-state index is 0.723. The van der Waals surface area contributed by atoms with E-state index < -0.39 is 0 Å². The minimum Gasteiger partial charge on any atom is -0.309 e. The van der Waals surface area contributed by atoms with Gasteiger partial charge >= 0.3 is 0 Å². The Morgan fingerprint density at radius 1 is 0.256 bits per heavy atom. The van der Waals surface area contributed by atoms with Gasteiger partial charge in [-0.1, -0.05) is 187 Å². The molecule has 5 nitrogen and oxygen atoms in total. The zero-order chi connectivity index (χ0) is 52.0. The second kappa shape index (κ2) is 18.0. The van der Waals surface area contributed by atoms with Crippen LogP contribution in [0.25, 0.3) is 139 Å². The first-order valence-electron chi connectivity index (χ1n) is 26.8. The first-order valence-corrected chi connectivity index (χ1v) is 26.8. The maximum absolute atomic E-state index is 5.15. The van der Waals surface area contributed by atoms with Gasteiger partial charge in [0.1, 0.15) is 0 Å². The topological polar surface area (TPSA) is 40.6 Å². The van der Waals surface area contributed by atoms with Crippen molar-refractivity contribution in [3.8, 4) is 73.2 Å². The number of para-hydroxylation sites is 4. The van der Waals surface area contributed by atoms with Gasteiger partial charge in [-0.3, -0.25) is 0 Å². The zero-order valence-corrected chi connectivity index (χ0v) is 43.5. The molecule has 0 unspecified atom stereocenters. The van der Waals surface area contributed by atoms with Gasteiger partial charge in [-0.25, -0.2) is 9.97 Å². The van der Waals surface area contributed by atoms with Crippen molar-refractivity contribution in [1.82, 2.24) is 23.7 Å². The predicted molar refractivity (Wildman–Crippen MR) is 326 cm³/mol. The predicted octanol–water partition coefficient (Wildman–Crippen LogP) is 19.0. The van der Waals surface area contributed by atoms with Crippen molar-refractivity contribution in [2.45, 2.75) is 20.8 Å². The van der Waals surface area contributed by atoms with Crippen LogP contribution in [0.4, 0.5) is 0 Å². The summed E-state index contributed by atoms with van der Waals surface area (Å²) in [6.07, 6.45) is 0. The Hall–Kier alpha value is -10.1. The molecule has 5 heteroatoms. The molecule has 0 atom stereocenters. The van der Waals surface area contributed by atoms with E-state index in [0.29, 0.717) is 0 Å². The summed E-state index contributed by atoms with van der Waals surface area (Å²) in [6, 6.07) is 92.9. The highest BCUT2D eigenvalue weighted by Gasteiger charge is 2.20. The van der Waals surface area contributed by atoms with Crippen LogP contribution in [-0.2, 0) is 0 Å². The quantitative estimate of drug-likeness (QED) is 0.152. The third kappa shape index (κ3) is 7.46. The van der Waals surface area contributed by atoms with E-state index >= 15 is 0 Å². The van der Waals surface area contributed by atoms with E-state index in [0.717, 1.165) is 73.1 Å². The molecule has 0 spiro atoms. The molecule has 368 valence electrons. The molecule has 0 radical (unpaired) electrons. The molecule has 0 bridgehead atoms.